The van der Waals surface area contributed by atoms with E-state index in [0.717, 1.165) is 24.3 Å². The Morgan fingerprint density at radius 2 is 1.74 bits per heavy atom. The zero-order valence-electron chi connectivity index (χ0n) is 19.9. The van der Waals surface area contributed by atoms with Crippen molar-refractivity contribution in [1.29, 1.82) is 0 Å². The topological polar surface area (TPSA) is 104 Å². The maximum atomic E-state index is 13.5. The quantitative estimate of drug-likeness (QED) is 0.481. The molecule has 0 unspecified atom stereocenters. The number of nitrogens with zero attached hydrogens (tertiary/aromatic N) is 5. The lowest BCUT2D eigenvalue weighted by Gasteiger charge is -2.43. The molecule has 34 heavy (non-hydrogen) atoms. The van der Waals surface area contributed by atoms with E-state index in [0.29, 0.717) is 28.6 Å². The predicted octanol–water partition coefficient (Wildman–Crippen LogP) is 2.55. The number of H-pyrrole nitrogens is 1. The molecule has 2 atom stereocenters. The minimum Gasteiger partial charge on any atom is -0.368 e. The Balaban J connectivity index is 1.67. The van der Waals surface area contributed by atoms with Crippen LogP contribution < -0.4 is 10.5 Å². The van der Waals surface area contributed by atoms with E-state index in [1.807, 2.05) is 19.1 Å². The standard InChI is InChI=1S/C24H28N6O3S/c1-14-6-9-21(15(2)10-14)34(32,33)24-22-25-23(31)19-8-7-18(11-20(19)30(22)27-26-24)29-12-16(3)28(5)17(4)13-29/h6-11,16-17,27H,12-13H2,1-5H3/t16-,17+. The number of nitrogens with one attached hydrogen (secondary N) is 1. The first-order valence-corrected chi connectivity index (χ1v) is 12.8. The molecule has 1 N–H and O–H groups in total. The van der Waals surface area contributed by atoms with E-state index in [2.05, 4.69) is 46.0 Å². The highest BCUT2D eigenvalue weighted by Crippen LogP contribution is 2.28. The Kier molecular flexibility index (Phi) is 5.25. The van der Waals surface area contributed by atoms with Crippen molar-refractivity contribution in [2.45, 2.75) is 49.7 Å². The highest BCUT2D eigenvalue weighted by molar-refractivity contribution is 7.91. The average Bonchev–Trinajstić information content (AvgIpc) is 3.21. The number of hydrogen-bond donors (Lipinski definition) is 1. The molecular weight excluding hydrogens is 452 g/mol. The van der Waals surface area contributed by atoms with Crippen molar-refractivity contribution >= 4 is 32.1 Å². The maximum absolute atomic E-state index is 13.5. The second-order valence-electron chi connectivity index (χ2n) is 9.34. The van der Waals surface area contributed by atoms with Crippen molar-refractivity contribution in [2.24, 2.45) is 0 Å². The number of sulfone groups is 1. The number of piperazine rings is 1. The molecule has 3 heterocycles. The van der Waals surface area contributed by atoms with Gasteiger partial charge in [-0.05, 0) is 64.6 Å². The summed E-state index contributed by atoms with van der Waals surface area (Å²) in [5.74, 6) is 0. The molecule has 5 rings (SSSR count). The third-order valence-electron chi connectivity index (χ3n) is 6.91. The zero-order valence-corrected chi connectivity index (χ0v) is 20.7. The van der Waals surface area contributed by atoms with Gasteiger partial charge in [0, 0.05) is 30.9 Å². The van der Waals surface area contributed by atoms with Gasteiger partial charge in [0.05, 0.1) is 15.8 Å². The Labute approximate surface area is 197 Å². The fourth-order valence-electron chi connectivity index (χ4n) is 4.79. The minimum absolute atomic E-state index is 0.00487. The number of aromatic nitrogens is 4. The van der Waals surface area contributed by atoms with Crippen LogP contribution in [-0.2, 0) is 9.84 Å². The second kappa shape index (κ2) is 7.92. The van der Waals surface area contributed by atoms with E-state index < -0.39 is 15.4 Å². The van der Waals surface area contributed by atoms with Crippen LogP contribution in [0.1, 0.15) is 25.0 Å². The molecule has 2 aromatic carbocycles. The first-order valence-electron chi connectivity index (χ1n) is 11.3. The number of fused-ring (bicyclic) bond motifs is 3. The summed E-state index contributed by atoms with van der Waals surface area (Å²) in [6, 6.07) is 11.4. The Morgan fingerprint density at radius 1 is 1.03 bits per heavy atom. The van der Waals surface area contributed by atoms with Gasteiger partial charge < -0.3 is 4.90 Å². The third kappa shape index (κ3) is 3.48. The molecule has 0 bridgehead atoms. The molecule has 0 aliphatic carbocycles. The van der Waals surface area contributed by atoms with Crippen LogP contribution in [0.4, 0.5) is 5.69 Å². The molecule has 1 saturated heterocycles. The third-order valence-corrected chi connectivity index (χ3v) is 8.73. The molecule has 1 fully saturated rings. The number of benzene rings is 2. The van der Waals surface area contributed by atoms with E-state index in [1.54, 1.807) is 31.2 Å². The summed E-state index contributed by atoms with van der Waals surface area (Å²) in [6.45, 7) is 9.73. The number of anilines is 1. The lowest BCUT2D eigenvalue weighted by molar-refractivity contribution is 0.170. The molecule has 1 aliphatic rings. The van der Waals surface area contributed by atoms with Gasteiger partial charge in [0.25, 0.3) is 5.56 Å². The zero-order chi connectivity index (χ0) is 24.4. The fraction of sp³-hybridized carbons (Fsp3) is 0.375. The predicted molar refractivity (Wildman–Crippen MR) is 131 cm³/mol. The molecule has 0 spiro atoms. The average molecular weight is 481 g/mol. The first-order chi connectivity index (χ1) is 16.1. The van der Waals surface area contributed by atoms with Gasteiger partial charge in [-0.15, -0.1) is 5.10 Å². The number of rotatable bonds is 3. The number of aryl methyl sites for hydroxylation is 2. The van der Waals surface area contributed by atoms with Crippen LogP contribution in [0.3, 0.4) is 0 Å². The van der Waals surface area contributed by atoms with Crippen molar-refractivity contribution in [2.75, 3.05) is 25.0 Å². The van der Waals surface area contributed by atoms with Crippen LogP contribution in [0.15, 0.2) is 51.1 Å². The van der Waals surface area contributed by atoms with E-state index in [1.165, 1.54) is 4.52 Å². The smallest absolute Gasteiger partial charge is 0.281 e. The summed E-state index contributed by atoms with van der Waals surface area (Å²) in [5, 5.41) is 7.02. The molecule has 0 radical (unpaired) electrons. The Morgan fingerprint density at radius 3 is 2.41 bits per heavy atom. The first kappa shape index (κ1) is 22.5. The Bertz CT molecular complexity index is 1580. The SMILES string of the molecule is Cc1ccc(S(=O)(=O)c2n[nH]n3c2nc(=O)c2ccc(N4C[C@@H](C)N(C)[C@@H](C)C4)cc23)c(C)c1. The molecular formula is C24H28N6O3S. The van der Waals surface area contributed by atoms with Crippen LogP contribution in [0.25, 0.3) is 16.6 Å². The fourth-order valence-corrected chi connectivity index (χ4v) is 6.27. The summed E-state index contributed by atoms with van der Waals surface area (Å²) in [4.78, 5) is 21.8. The molecule has 9 nitrogen and oxygen atoms in total. The maximum Gasteiger partial charge on any atom is 0.281 e. The van der Waals surface area contributed by atoms with Gasteiger partial charge in [0.1, 0.15) is 0 Å². The van der Waals surface area contributed by atoms with E-state index >= 15 is 0 Å². The van der Waals surface area contributed by atoms with E-state index in [9.17, 15) is 13.2 Å². The number of aromatic amines is 1. The number of hydrogen-bond acceptors (Lipinski definition) is 7. The van der Waals surface area contributed by atoms with Gasteiger partial charge in [-0.2, -0.15) is 4.98 Å². The van der Waals surface area contributed by atoms with Crippen LogP contribution >= 0.6 is 0 Å². The van der Waals surface area contributed by atoms with Gasteiger partial charge in [-0.25, -0.2) is 18.1 Å². The van der Waals surface area contributed by atoms with E-state index in [-0.39, 0.29) is 15.6 Å². The molecule has 0 saturated carbocycles. The van der Waals surface area contributed by atoms with Crippen LogP contribution in [0.2, 0.25) is 0 Å². The largest absolute Gasteiger partial charge is 0.368 e. The van der Waals surface area contributed by atoms with Crippen LogP contribution in [0, 0.1) is 13.8 Å². The summed E-state index contributed by atoms with van der Waals surface area (Å²) in [7, 11) is -1.86. The van der Waals surface area contributed by atoms with Gasteiger partial charge >= 0.3 is 0 Å². The summed E-state index contributed by atoms with van der Waals surface area (Å²) in [5.41, 5.74) is 2.59. The lowest BCUT2D eigenvalue weighted by Crippen LogP contribution is -2.55. The monoisotopic (exact) mass is 480 g/mol. The molecule has 2 aromatic heterocycles. The van der Waals surface area contributed by atoms with Crippen molar-refractivity contribution in [3.63, 3.8) is 0 Å². The highest BCUT2D eigenvalue weighted by atomic mass is 32.2. The molecule has 178 valence electrons. The van der Waals surface area contributed by atoms with E-state index in [4.69, 9.17) is 0 Å². The van der Waals surface area contributed by atoms with Gasteiger partial charge in [-0.3, -0.25) is 9.69 Å². The molecule has 1 aliphatic heterocycles. The highest BCUT2D eigenvalue weighted by Gasteiger charge is 2.29. The van der Waals surface area contributed by atoms with Gasteiger partial charge in [0.2, 0.25) is 14.9 Å². The lowest BCUT2D eigenvalue weighted by atomic mass is 10.1. The van der Waals surface area contributed by atoms with Crippen molar-refractivity contribution in [1.82, 2.24) is 24.7 Å². The summed E-state index contributed by atoms with van der Waals surface area (Å²) < 4.78 is 28.4. The molecule has 4 aromatic rings. The summed E-state index contributed by atoms with van der Waals surface area (Å²) in [6.07, 6.45) is 0. The second-order valence-corrected chi connectivity index (χ2v) is 11.2. The minimum atomic E-state index is -3.99. The normalized spacial score (nSPS) is 19.9. The molecule has 0 amide bonds. The van der Waals surface area contributed by atoms with Crippen molar-refractivity contribution < 1.29 is 8.42 Å². The Hall–Kier alpha value is -3.24. The molecule has 10 heteroatoms. The van der Waals surface area contributed by atoms with Crippen LogP contribution in [-0.4, -0.2) is 65.4 Å². The van der Waals surface area contributed by atoms with Crippen molar-refractivity contribution in [3.05, 3.63) is 57.9 Å². The van der Waals surface area contributed by atoms with Crippen LogP contribution in [0.5, 0.6) is 0 Å². The van der Waals surface area contributed by atoms with Gasteiger partial charge in [-0.1, -0.05) is 17.7 Å². The summed E-state index contributed by atoms with van der Waals surface area (Å²) >= 11 is 0. The number of likely N-dealkylation sites (N-methyl/N-ethyl adjacent to an activating group) is 1. The van der Waals surface area contributed by atoms with Gasteiger partial charge in [0.15, 0.2) is 5.65 Å². The van der Waals surface area contributed by atoms with Crippen molar-refractivity contribution in [3.8, 4) is 0 Å².